The zero-order chi connectivity index (χ0) is 21.8. The highest BCUT2D eigenvalue weighted by atomic mass is 79.9. The molecule has 7 nitrogen and oxygen atoms in total. The molecular formula is C22H20Br2N4O3. The van der Waals surface area contributed by atoms with E-state index >= 15 is 0 Å². The van der Waals surface area contributed by atoms with E-state index in [1.165, 1.54) is 0 Å². The van der Waals surface area contributed by atoms with E-state index in [4.69, 9.17) is 25.7 Å². The molecule has 4 aromatic rings. The molecule has 0 aliphatic heterocycles. The average Bonchev–Trinajstić information content (AvgIpc) is 2.75. The molecule has 2 aromatic heterocycles. The monoisotopic (exact) mass is 546 g/mol. The lowest BCUT2D eigenvalue weighted by molar-refractivity contribution is 0.0771. The molecule has 0 radical (unpaired) electrons. The quantitative estimate of drug-likeness (QED) is 0.301. The van der Waals surface area contributed by atoms with Crippen molar-refractivity contribution in [1.29, 1.82) is 0 Å². The van der Waals surface area contributed by atoms with E-state index in [9.17, 15) is 0 Å². The summed E-state index contributed by atoms with van der Waals surface area (Å²) in [6, 6.07) is 15.2. The van der Waals surface area contributed by atoms with Gasteiger partial charge >= 0.3 is 0 Å². The molecule has 0 bridgehead atoms. The fourth-order valence-electron chi connectivity index (χ4n) is 3.09. The molecule has 0 saturated carbocycles. The van der Waals surface area contributed by atoms with Gasteiger partial charge in [-0.15, -0.1) is 0 Å². The summed E-state index contributed by atoms with van der Waals surface area (Å²) in [5, 5.41) is 1.78. The zero-order valence-corrected chi connectivity index (χ0v) is 19.6. The SMILES string of the molecule is Nc1nc2cccc(OCCOCCOc3cccc4nc(N)c(Br)cc34)c2cc1Br. The summed E-state index contributed by atoms with van der Waals surface area (Å²) in [6.07, 6.45) is 0. The average molecular weight is 548 g/mol. The lowest BCUT2D eigenvalue weighted by atomic mass is 10.2. The van der Waals surface area contributed by atoms with Crippen LogP contribution in [0, 0.1) is 0 Å². The summed E-state index contributed by atoms with van der Waals surface area (Å²) in [5.41, 5.74) is 13.3. The fourth-order valence-corrected chi connectivity index (χ4v) is 3.73. The molecule has 0 saturated heterocycles. The van der Waals surface area contributed by atoms with Crippen molar-refractivity contribution >= 4 is 65.3 Å². The number of fused-ring (bicyclic) bond motifs is 2. The Balaban J connectivity index is 1.26. The molecule has 0 amide bonds. The van der Waals surface area contributed by atoms with Crippen LogP contribution in [0.3, 0.4) is 0 Å². The first-order chi connectivity index (χ1) is 15.0. The Morgan fingerprint density at radius 1 is 0.677 bits per heavy atom. The van der Waals surface area contributed by atoms with Crippen molar-refractivity contribution < 1.29 is 14.2 Å². The molecule has 31 heavy (non-hydrogen) atoms. The van der Waals surface area contributed by atoms with Crippen LogP contribution in [0.15, 0.2) is 57.5 Å². The highest BCUT2D eigenvalue weighted by molar-refractivity contribution is 9.11. The molecule has 0 aliphatic rings. The molecular weight excluding hydrogens is 528 g/mol. The third-order valence-electron chi connectivity index (χ3n) is 4.57. The maximum atomic E-state index is 5.87. The predicted octanol–water partition coefficient (Wildman–Crippen LogP) is 4.95. The smallest absolute Gasteiger partial charge is 0.138 e. The number of aromatic nitrogens is 2. The van der Waals surface area contributed by atoms with Gasteiger partial charge in [0, 0.05) is 10.8 Å². The number of hydrogen-bond donors (Lipinski definition) is 2. The number of nitrogens with zero attached hydrogens (tertiary/aromatic N) is 2. The second-order valence-corrected chi connectivity index (χ2v) is 8.37. The van der Waals surface area contributed by atoms with Crippen molar-refractivity contribution in [3.05, 3.63) is 57.5 Å². The van der Waals surface area contributed by atoms with Gasteiger partial charge in [-0.1, -0.05) is 12.1 Å². The lowest BCUT2D eigenvalue weighted by Gasteiger charge is -2.12. The Labute approximate surface area is 196 Å². The van der Waals surface area contributed by atoms with Gasteiger partial charge in [0.05, 0.1) is 33.2 Å². The van der Waals surface area contributed by atoms with Crippen molar-refractivity contribution in [3.63, 3.8) is 0 Å². The summed E-state index contributed by atoms with van der Waals surface area (Å²) in [6.45, 7) is 1.68. The van der Waals surface area contributed by atoms with Crippen LogP contribution in [0.25, 0.3) is 21.8 Å². The van der Waals surface area contributed by atoms with E-state index < -0.39 is 0 Å². The van der Waals surface area contributed by atoms with Gasteiger partial charge in [-0.05, 0) is 68.3 Å². The summed E-state index contributed by atoms with van der Waals surface area (Å²) in [5.74, 6) is 2.37. The molecule has 2 aromatic carbocycles. The van der Waals surface area contributed by atoms with Gasteiger partial charge in [0.25, 0.3) is 0 Å². The minimum Gasteiger partial charge on any atom is -0.490 e. The minimum atomic E-state index is 0.408. The van der Waals surface area contributed by atoms with E-state index in [0.717, 1.165) is 42.3 Å². The van der Waals surface area contributed by atoms with Gasteiger partial charge < -0.3 is 25.7 Å². The van der Waals surface area contributed by atoms with Crippen molar-refractivity contribution in [3.8, 4) is 11.5 Å². The minimum absolute atomic E-state index is 0.408. The number of nitrogens with two attached hydrogens (primary N) is 2. The number of benzene rings is 2. The number of pyridine rings is 2. The molecule has 4 rings (SSSR count). The van der Waals surface area contributed by atoms with Crippen LogP contribution in [0.5, 0.6) is 11.5 Å². The number of ether oxygens (including phenoxy) is 3. The predicted molar refractivity (Wildman–Crippen MR) is 130 cm³/mol. The second-order valence-electron chi connectivity index (χ2n) is 6.67. The van der Waals surface area contributed by atoms with Gasteiger partial charge in [0.15, 0.2) is 0 Å². The Morgan fingerprint density at radius 3 is 1.58 bits per heavy atom. The van der Waals surface area contributed by atoms with Gasteiger partial charge in [-0.3, -0.25) is 0 Å². The maximum absolute atomic E-state index is 5.87. The highest BCUT2D eigenvalue weighted by Crippen LogP contribution is 2.31. The molecule has 2 heterocycles. The largest absolute Gasteiger partial charge is 0.490 e. The Kier molecular flexibility index (Phi) is 6.74. The lowest BCUT2D eigenvalue weighted by Crippen LogP contribution is -2.12. The second kappa shape index (κ2) is 9.67. The van der Waals surface area contributed by atoms with E-state index in [2.05, 4.69) is 41.8 Å². The molecule has 0 fully saturated rings. The highest BCUT2D eigenvalue weighted by Gasteiger charge is 2.08. The number of hydrogen-bond acceptors (Lipinski definition) is 7. The van der Waals surface area contributed by atoms with Crippen LogP contribution in [0.2, 0.25) is 0 Å². The topological polar surface area (TPSA) is 106 Å². The normalized spacial score (nSPS) is 11.2. The van der Waals surface area contributed by atoms with Crippen LogP contribution in [-0.4, -0.2) is 36.4 Å². The number of halogens is 2. The Morgan fingerprint density at radius 2 is 1.13 bits per heavy atom. The molecule has 0 atom stereocenters. The van der Waals surface area contributed by atoms with Gasteiger partial charge in [-0.25, -0.2) is 9.97 Å². The molecule has 9 heteroatoms. The molecule has 0 aliphatic carbocycles. The molecule has 0 spiro atoms. The zero-order valence-electron chi connectivity index (χ0n) is 16.5. The van der Waals surface area contributed by atoms with E-state index in [1.54, 1.807) is 0 Å². The van der Waals surface area contributed by atoms with E-state index in [0.29, 0.717) is 38.1 Å². The summed E-state index contributed by atoms with van der Waals surface area (Å²) >= 11 is 6.82. The van der Waals surface area contributed by atoms with Crippen molar-refractivity contribution in [1.82, 2.24) is 9.97 Å². The van der Waals surface area contributed by atoms with E-state index in [-0.39, 0.29) is 0 Å². The van der Waals surface area contributed by atoms with Crippen molar-refractivity contribution in [2.45, 2.75) is 0 Å². The van der Waals surface area contributed by atoms with Crippen LogP contribution in [0.1, 0.15) is 0 Å². The number of anilines is 2. The van der Waals surface area contributed by atoms with Gasteiger partial charge in [-0.2, -0.15) is 0 Å². The van der Waals surface area contributed by atoms with Crippen LogP contribution >= 0.6 is 31.9 Å². The summed E-state index contributed by atoms with van der Waals surface area (Å²) in [7, 11) is 0. The maximum Gasteiger partial charge on any atom is 0.138 e. The first-order valence-electron chi connectivity index (χ1n) is 9.56. The fraction of sp³-hybridized carbons (Fsp3) is 0.182. The van der Waals surface area contributed by atoms with Gasteiger partial charge in [0.2, 0.25) is 0 Å². The Bertz CT molecular complexity index is 1140. The molecule has 160 valence electrons. The molecule has 4 N–H and O–H groups in total. The standard InChI is InChI=1S/C22H20Br2N4O3/c23-15-11-13-17(27-21(15)25)3-1-5-19(13)30-9-7-29-8-10-31-20-6-2-4-18-14(20)12-16(24)22(26)28-18/h1-6,11-12H,7-10H2,(H2,25,27)(H2,26,28). The summed E-state index contributed by atoms with van der Waals surface area (Å²) < 4.78 is 18.9. The van der Waals surface area contributed by atoms with Crippen LogP contribution in [0.4, 0.5) is 11.6 Å². The Hall–Kier alpha value is -2.62. The number of rotatable bonds is 8. The molecule has 0 unspecified atom stereocenters. The first kappa shape index (κ1) is 21.6. The third kappa shape index (κ3) is 5.00. The van der Waals surface area contributed by atoms with E-state index in [1.807, 2.05) is 48.5 Å². The third-order valence-corrected chi connectivity index (χ3v) is 5.84. The number of nitrogen functional groups attached to an aromatic ring is 2. The van der Waals surface area contributed by atoms with Crippen LogP contribution < -0.4 is 20.9 Å². The van der Waals surface area contributed by atoms with Crippen molar-refractivity contribution in [2.24, 2.45) is 0 Å². The van der Waals surface area contributed by atoms with Gasteiger partial charge in [0.1, 0.15) is 36.3 Å². The van der Waals surface area contributed by atoms with Crippen LogP contribution in [-0.2, 0) is 4.74 Å². The van der Waals surface area contributed by atoms with Crippen molar-refractivity contribution in [2.75, 3.05) is 37.9 Å². The first-order valence-corrected chi connectivity index (χ1v) is 11.1. The summed E-state index contributed by atoms with van der Waals surface area (Å²) in [4.78, 5) is 8.71.